The molecule has 0 unspecified atom stereocenters. The van der Waals surface area contributed by atoms with Gasteiger partial charge in [-0.15, -0.1) is 6.58 Å². The predicted octanol–water partition coefficient (Wildman–Crippen LogP) is 3.09. The van der Waals surface area contributed by atoms with Gasteiger partial charge in [0, 0.05) is 5.75 Å². The summed E-state index contributed by atoms with van der Waals surface area (Å²) in [5.74, 6) is 0.756. The van der Waals surface area contributed by atoms with Gasteiger partial charge in [0.1, 0.15) is 5.54 Å². The number of hydrogen-bond acceptors (Lipinski definition) is 3. The molecular weight excluding hydrogens is 244 g/mol. The molecule has 0 N–H and O–H groups in total. The van der Waals surface area contributed by atoms with Crippen LogP contribution < -0.4 is 4.90 Å². The molecule has 1 aromatic rings. The number of rotatable bonds is 3. The van der Waals surface area contributed by atoms with Crippen molar-refractivity contribution in [1.29, 1.82) is 0 Å². The standard InChI is InChI=1S/C14H16N2OS/c1-4-10-18-13-15-14(2,3)12(17)16(13)11-8-6-5-7-9-11/h4-9H,1,10H2,2-3H3. The van der Waals surface area contributed by atoms with Crippen molar-refractivity contribution in [3.05, 3.63) is 43.0 Å². The SMILES string of the molecule is C=CCSC1=NC(C)(C)C(=O)N1c1ccccc1. The number of hydrogen-bond donors (Lipinski definition) is 0. The summed E-state index contributed by atoms with van der Waals surface area (Å²) in [5, 5.41) is 0.746. The van der Waals surface area contributed by atoms with Crippen LogP contribution in [-0.4, -0.2) is 22.4 Å². The molecule has 4 heteroatoms. The van der Waals surface area contributed by atoms with Crippen molar-refractivity contribution in [2.24, 2.45) is 4.99 Å². The number of benzene rings is 1. The zero-order valence-corrected chi connectivity index (χ0v) is 11.4. The Morgan fingerprint density at radius 3 is 2.67 bits per heavy atom. The molecule has 0 bridgehead atoms. The number of nitrogens with zero attached hydrogens (tertiary/aromatic N) is 2. The Labute approximate surface area is 112 Å². The average Bonchev–Trinajstić information content (AvgIpc) is 2.59. The molecule has 0 radical (unpaired) electrons. The van der Waals surface area contributed by atoms with Crippen LogP contribution in [0.15, 0.2) is 48.0 Å². The molecule has 0 aromatic heterocycles. The van der Waals surface area contributed by atoms with Gasteiger partial charge < -0.3 is 0 Å². The molecule has 1 aliphatic heterocycles. The number of amidine groups is 1. The van der Waals surface area contributed by atoms with E-state index in [1.807, 2.05) is 50.3 Å². The van der Waals surface area contributed by atoms with Gasteiger partial charge in [0.25, 0.3) is 5.91 Å². The Morgan fingerprint density at radius 1 is 1.39 bits per heavy atom. The smallest absolute Gasteiger partial charge is 0.260 e. The van der Waals surface area contributed by atoms with Crippen LogP contribution in [0.2, 0.25) is 0 Å². The van der Waals surface area contributed by atoms with Gasteiger partial charge >= 0.3 is 0 Å². The first-order chi connectivity index (χ1) is 8.56. The lowest BCUT2D eigenvalue weighted by molar-refractivity contribution is -0.120. The summed E-state index contributed by atoms with van der Waals surface area (Å²) in [6.45, 7) is 7.38. The van der Waals surface area contributed by atoms with Crippen molar-refractivity contribution in [3.63, 3.8) is 0 Å². The van der Waals surface area contributed by atoms with E-state index in [0.717, 1.165) is 16.6 Å². The van der Waals surface area contributed by atoms with Gasteiger partial charge in [-0.2, -0.15) is 0 Å². The van der Waals surface area contributed by atoms with Gasteiger partial charge in [-0.05, 0) is 26.0 Å². The van der Waals surface area contributed by atoms with Crippen LogP contribution in [0.3, 0.4) is 0 Å². The number of carbonyl (C=O) groups is 1. The molecule has 0 saturated carbocycles. The van der Waals surface area contributed by atoms with Crippen molar-refractivity contribution < 1.29 is 4.79 Å². The zero-order chi connectivity index (χ0) is 13.2. The van der Waals surface area contributed by atoms with E-state index < -0.39 is 5.54 Å². The minimum Gasteiger partial charge on any atom is -0.271 e. The highest BCUT2D eigenvalue weighted by Crippen LogP contribution is 2.31. The zero-order valence-electron chi connectivity index (χ0n) is 10.6. The van der Waals surface area contributed by atoms with Gasteiger partial charge in [0.2, 0.25) is 0 Å². The number of anilines is 1. The maximum Gasteiger partial charge on any atom is 0.260 e. The third-order valence-corrected chi connectivity index (χ3v) is 3.57. The Balaban J connectivity index is 2.35. The quantitative estimate of drug-likeness (QED) is 0.782. The minimum absolute atomic E-state index is 0.0141. The molecule has 0 aliphatic carbocycles. The lowest BCUT2D eigenvalue weighted by atomic mass is 10.1. The fourth-order valence-corrected chi connectivity index (χ4v) is 2.61. The largest absolute Gasteiger partial charge is 0.271 e. The summed E-state index contributed by atoms with van der Waals surface area (Å²) in [6, 6.07) is 9.61. The molecular formula is C14H16N2OS. The molecule has 0 saturated heterocycles. The Hall–Kier alpha value is -1.55. The van der Waals surface area contributed by atoms with Crippen LogP contribution in [0.1, 0.15) is 13.8 Å². The highest BCUT2D eigenvalue weighted by Gasteiger charge is 2.41. The van der Waals surface area contributed by atoms with E-state index in [2.05, 4.69) is 11.6 Å². The van der Waals surface area contributed by atoms with Crippen molar-refractivity contribution in [2.75, 3.05) is 10.7 Å². The van der Waals surface area contributed by atoms with Gasteiger partial charge in [-0.25, -0.2) is 4.99 Å². The molecule has 94 valence electrons. The maximum absolute atomic E-state index is 12.4. The molecule has 1 aromatic carbocycles. The van der Waals surface area contributed by atoms with Crippen molar-refractivity contribution >= 4 is 28.5 Å². The van der Waals surface area contributed by atoms with Crippen LogP contribution in [0.25, 0.3) is 0 Å². The second-order valence-electron chi connectivity index (χ2n) is 4.53. The van der Waals surface area contributed by atoms with E-state index in [4.69, 9.17) is 0 Å². The molecule has 1 aliphatic rings. The lowest BCUT2D eigenvalue weighted by Crippen LogP contribution is -2.38. The number of para-hydroxylation sites is 1. The molecule has 0 atom stereocenters. The Kier molecular flexibility index (Phi) is 3.57. The third-order valence-electron chi connectivity index (χ3n) is 2.64. The van der Waals surface area contributed by atoms with Gasteiger partial charge in [-0.1, -0.05) is 36.0 Å². The minimum atomic E-state index is -0.681. The van der Waals surface area contributed by atoms with Crippen LogP contribution >= 0.6 is 11.8 Å². The van der Waals surface area contributed by atoms with E-state index in [-0.39, 0.29) is 5.91 Å². The average molecular weight is 260 g/mol. The van der Waals surface area contributed by atoms with Crippen LogP contribution in [0.4, 0.5) is 5.69 Å². The van der Waals surface area contributed by atoms with Gasteiger partial charge in [0.05, 0.1) is 5.69 Å². The molecule has 2 rings (SSSR count). The fourth-order valence-electron chi connectivity index (χ4n) is 1.73. The summed E-state index contributed by atoms with van der Waals surface area (Å²) in [5.41, 5.74) is 0.183. The Bertz CT molecular complexity index is 494. The fraction of sp³-hybridized carbons (Fsp3) is 0.286. The third kappa shape index (κ3) is 2.34. The monoisotopic (exact) mass is 260 g/mol. The van der Waals surface area contributed by atoms with Crippen LogP contribution in [-0.2, 0) is 4.79 Å². The van der Waals surface area contributed by atoms with E-state index >= 15 is 0 Å². The van der Waals surface area contributed by atoms with E-state index in [1.54, 1.807) is 4.90 Å². The second-order valence-corrected chi connectivity index (χ2v) is 5.52. The summed E-state index contributed by atoms with van der Waals surface area (Å²) >= 11 is 1.53. The van der Waals surface area contributed by atoms with Crippen molar-refractivity contribution in [3.8, 4) is 0 Å². The molecule has 3 nitrogen and oxygen atoms in total. The summed E-state index contributed by atoms with van der Waals surface area (Å²) < 4.78 is 0. The highest BCUT2D eigenvalue weighted by atomic mass is 32.2. The molecule has 18 heavy (non-hydrogen) atoms. The normalized spacial score (nSPS) is 17.8. The molecule has 0 spiro atoms. The number of carbonyl (C=O) groups excluding carboxylic acids is 1. The summed E-state index contributed by atoms with van der Waals surface area (Å²) in [7, 11) is 0. The maximum atomic E-state index is 12.4. The first-order valence-electron chi connectivity index (χ1n) is 5.79. The molecule has 1 heterocycles. The van der Waals surface area contributed by atoms with Crippen LogP contribution in [0.5, 0.6) is 0 Å². The van der Waals surface area contributed by atoms with E-state index in [9.17, 15) is 4.79 Å². The molecule has 1 amide bonds. The van der Waals surface area contributed by atoms with E-state index in [1.165, 1.54) is 11.8 Å². The van der Waals surface area contributed by atoms with Gasteiger partial charge in [0.15, 0.2) is 5.17 Å². The van der Waals surface area contributed by atoms with Crippen LogP contribution in [0, 0.1) is 0 Å². The first kappa shape index (κ1) is 12.9. The van der Waals surface area contributed by atoms with Crippen molar-refractivity contribution in [1.82, 2.24) is 0 Å². The van der Waals surface area contributed by atoms with E-state index in [0.29, 0.717) is 0 Å². The Morgan fingerprint density at radius 2 is 2.06 bits per heavy atom. The highest BCUT2D eigenvalue weighted by molar-refractivity contribution is 8.14. The number of aliphatic imine (C=N–C) groups is 1. The number of thioether (sulfide) groups is 1. The van der Waals surface area contributed by atoms with Crippen molar-refractivity contribution in [2.45, 2.75) is 19.4 Å². The predicted molar refractivity (Wildman–Crippen MR) is 78.1 cm³/mol. The second kappa shape index (κ2) is 4.98. The number of amides is 1. The van der Waals surface area contributed by atoms with Gasteiger partial charge in [-0.3, -0.25) is 9.69 Å². The summed E-state index contributed by atoms with van der Waals surface area (Å²) in [6.07, 6.45) is 1.81. The molecule has 0 fully saturated rings. The first-order valence-corrected chi connectivity index (χ1v) is 6.78. The lowest BCUT2D eigenvalue weighted by Gasteiger charge is -2.20. The summed E-state index contributed by atoms with van der Waals surface area (Å²) in [4.78, 5) is 18.6. The topological polar surface area (TPSA) is 32.7 Å².